The number of hydrogen-bond donors (Lipinski definition) is 0. The lowest BCUT2D eigenvalue weighted by atomic mass is 9.67. The zero-order chi connectivity index (χ0) is 41.7. The molecule has 63 heavy (non-hydrogen) atoms. The second kappa shape index (κ2) is 15.3. The number of hydrogen-bond acceptors (Lipinski definition) is 2. The zero-order valence-corrected chi connectivity index (χ0v) is 35.3. The van der Waals surface area contributed by atoms with Crippen LogP contribution < -0.4 is 4.90 Å². The van der Waals surface area contributed by atoms with Crippen molar-refractivity contribution in [3.8, 4) is 44.5 Å². The highest BCUT2D eigenvalue weighted by atomic mass is 32.1. The van der Waals surface area contributed by atoms with Gasteiger partial charge in [0.1, 0.15) is 0 Å². The van der Waals surface area contributed by atoms with E-state index in [0.717, 1.165) is 17.1 Å². The van der Waals surface area contributed by atoms with Crippen molar-refractivity contribution in [2.75, 3.05) is 4.90 Å². The average molecular weight is 820 g/mol. The third-order valence-electron chi connectivity index (χ3n) is 13.0. The van der Waals surface area contributed by atoms with Crippen molar-refractivity contribution in [2.45, 2.75) is 5.41 Å². The van der Waals surface area contributed by atoms with Crippen LogP contribution in [0.5, 0.6) is 0 Å². The minimum absolute atomic E-state index is 0.543. The van der Waals surface area contributed by atoms with Gasteiger partial charge in [0.15, 0.2) is 0 Å². The number of anilines is 3. The van der Waals surface area contributed by atoms with Gasteiger partial charge in [0.25, 0.3) is 0 Å². The number of rotatable bonds is 8. The molecule has 1 aliphatic carbocycles. The molecular formula is C61H41NS. The molecule has 296 valence electrons. The summed E-state index contributed by atoms with van der Waals surface area (Å²) in [7, 11) is 0. The van der Waals surface area contributed by atoms with Crippen LogP contribution in [0.25, 0.3) is 64.7 Å². The molecule has 12 rings (SSSR count). The van der Waals surface area contributed by atoms with E-state index in [-0.39, 0.29) is 0 Å². The van der Waals surface area contributed by atoms with Crippen LogP contribution in [0.2, 0.25) is 0 Å². The summed E-state index contributed by atoms with van der Waals surface area (Å²) in [5.41, 5.74) is 17.5. The van der Waals surface area contributed by atoms with Crippen LogP contribution in [0.1, 0.15) is 22.3 Å². The summed E-state index contributed by atoms with van der Waals surface area (Å²) in [5, 5.41) is 2.54. The van der Waals surface area contributed by atoms with Crippen molar-refractivity contribution in [1.29, 1.82) is 0 Å². The Kier molecular flexibility index (Phi) is 8.98. The third-order valence-corrected chi connectivity index (χ3v) is 14.1. The highest BCUT2D eigenvalue weighted by Gasteiger charge is 2.46. The summed E-state index contributed by atoms with van der Waals surface area (Å²) in [4.78, 5) is 2.53. The Morgan fingerprint density at radius 3 is 1.54 bits per heavy atom. The molecule has 2 heteroatoms. The van der Waals surface area contributed by atoms with E-state index in [0.29, 0.717) is 0 Å². The maximum Gasteiger partial charge on any atom is 0.0714 e. The normalized spacial score (nSPS) is 12.6. The fourth-order valence-electron chi connectivity index (χ4n) is 10.3. The predicted molar refractivity (Wildman–Crippen MR) is 268 cm³/mol. The average Bonchev–Trinajstić information content (AvgIpc) is 3.88. The Labute approximate surface area is 372 Å². The Balaban J connectivity index is 1.19. The maximum absolute atomic E-state index is 2.53. The molecule has 11 aromatic rings. The van der Waals surface area contributed by atoms with E-state index in [4.69, 9.17) is 0 Å². The van der Waals surface area contributed by atoms with Gasteiger partial charge in [0.2, 0.25) is 0 Å². The highest BCUT2D eigenvalue weighted by Crippen LogP contribution is 2.58. The van der Waals surface area contributed by atoms with Gasteiger partial charge >= 0.3 is 0 Å². The van der Waals surface area contributed by atoms with E-state index in [1.807, 2.05) is 11.3 Å². The molecule has 0 atom stereocenters. The molecule has 0 saturated carbocycles. The van der Waals surface area contributed by atoms with Crippen molar-refractivity contribution >= 4 is 48.6 Å². The first kappa shape index (κ1) is 37.0. The molecule has 1 aliphatic rings. The van der Waals surface area contributed by atoms with E-state index >= 15 is 0 Å². The second-order valence-corrected chi connectivity index (χ2v) is 17.4. The molecule has 0 fully saturated rings. The van der Waals surface area contributed by atoms with Crippen molar-refractivity contribution in [2.24, 2.45) is 0 Å². The Morgan fingerprint density at radius 2 is 0.825 bits per heavy atom. The fraction of sp³-hybridized carbons (Fsp3) is 0.0164. The summed E-state index contributed by atoms with van der Waals surface area (Å²) in [6, 6.07) is 91.8. The molecule has 0 unspecified atom stereocenters. The van der Waals surface area contributed by atoms with Crippen molar-refractivity contribution in [3.05, 3.63) is 271 Å². The molecule has 10 aromatic carbocycles. The summed E-state index contributed by atoms with van der Waals surface area (Å²) in [5.74, 6) is 0. The van der Waals surface area contributed by atoms with Crippen LogP contribution in [0.4, 0.5) is 17.1 Å². The third kappa shape index (κ3) is 5.98. The first-order chi connectivity index (χ1) is 31.3. The number of fused-ring (bicyclic) bond motifs is 6. The smallest absolute Gasteiger partial charge is 0.0714 e. The van der Waals surface area contributed by atoms with Gasteiger partial charge in [-0.15, -0.1) is 11.3 Å². The van der Waals surface area contributed by atoms with Gasteiger partial charge in [-0.05, 0) is 104 Å². The largest absolute Gasteiger partial charge is 0.310 e. The van der Waals surface area contributed by atoms with Crippen LogP contribution in [0.15, 0.2) is 249 Å². The summed E-state index contributed by atoms with van der Waals surface area (Å²) >= 11 is 1.86. The van der Waals surface area contributed by atoms with E-state index < -0.39 is 5.41 Å². The standard InChI is InChI=1S/C61H41NS/c1-5-20-42(21-6-1)48-28-13-14-31-53(48)60-49(43-22-7-2-8-23-43)32-19-34-57(60)62(46-37-39-59-54(40-46)52-30-16-18-35-58(52)63-59)47-36-38-51-50-29-15-17-33-55(50)61(56(51)41-47,44-24-9-3-10-25-44)45-26-11-4-12-27-45/h1-41H. The molecule has 0 aliphatic heterocycles. The fourth-order valence-corrected chi connectivity index (χ4v) is 11.4. The Bertz CT molecular complexity index is 3400. The molecular weight excluding hydrogens is 779 g/mol. The monoisotopic (exact) mass is 819 g/mol. The maximum atomic E-state index is 2.53. The van der Waals surface area contributed by atoms with Crippen LogP contribution >= 0.6 is 11.3 Å². The predicted octanol–water partition coefficient (Wildman–Crippen LogP) is 16.9. The van der Waals surface area contributed by atoms with Gasteiger partial charge < -0.3 is 4.90 Å². The molecule has 0 bridgehead atoms. The quantitative estimate of drug-likeness (QED) is 0.148. The van der Waals surface area contributed by atoms with Gasteiger partial charge in [-0.25, -0.2) is 0 Å². The molecule has 1 aromatic heterocycles. The van der Waals surface area contributed by atoms with Gasteiger partial charge in [0, 0.05) is 37.1 Å². The summed E-state index contributed by atoms with van der Waals surface area (Å²) in [6.45, 7) is 0. The van der Waals surface area contributed by atoms with Crippen LogP contribution in [0.3, 0.4) is 0 Å². The van der Waals surface area contributed by atoms with E-state index in [1.54, 1.807) is 0 Å². The minimum Gasteiger partial charge on any atom is -0.310 e. The molecule has 1 heterocycles. The SMILES string of the molecule is c1ccc(-c2ccccc2-c2c(-c3ccccc3)cccc2N(c2ccc3c(c2)C(c2ccccc2)(c2ccccc2)c2ccccc2-3)c2ccc3sc4ccccc4c3c2)cc1. The lowest BCUT2D eigenvalue weighted by Gasteiger charge is -2.35. The number of nitrogens with zero attached hydrogens (tertiary/aromatic N) is 1. The molecule has 0 saturated heterocycles. The first-order valence-electron chi connectivity index (χ1n) is 21.7. The zero-order valence-electron chi connectivity index (χ0n) is 34.5. The van der Waals surface area contributed by atoms with Crippen LogP contribution in [-0.4, -0.2) is 0 Å². The number of benzene rings is 10. The molecule has 0 spiro atoms. The molecule has 1 nitrogen and oxygen atoms in total. The van der Waals surface area contributed by atoms with Gasteiger partial charge in [0.05, 0.1) is 11.1 Å². The minimum atomic E-state index is -0.543. The van der Waals surface area contributed by atoms with Crippen molar-refractivity contribution < 1.29 is 0 Å². The van der Waals surface area contributed by atoms with E-state index in [9.17, 15) is 0 Å². The lowest BCUT2D eigenvalue weighted by molar-refractivity contribution is 0.768. The van der Waals surface area contributed by atoms with Gasteiger partial charge in [-0.2, -0.15) is 0 Å². The second-order valence-electron chi connectivity index (χ2n) is 16.3. The lowest BCUT2D eigenvalue weighted by Crippen LogP contribution is -2.28. The van der Waals surface area contributed by atoms with Crippen LogP contribution in [0, 0.1) is 0 Å². The highest BCUT2D eigenvalue weighted by molar-refractivity contribution is 7.25. The number of thiophene rings is 1. The Morgan fingerprint density at radius 1 is 0.317 bits per heavy atom. The van der Waals surface area contributed by atoms with Crippen LogP contribution in [-0.2, 0) is 5.41 Å². The van der Waals surface area contributed by atoms with Crippen molar-refractivity contribution in [1.82, 2.24) is 0 Å². The molecule has 0 radical (unpaired) electrons. The summed E-state index contributed by atoms with van der Waals surface area (Å²) in [6.07, 6.45) is 0. The molecule has 0 amide bonds. The summed E-state index contributed by atoms with van der Waals surface area (Å²) < 4.78 is 2.58. The van der Waals surface area contributed by atoms with E-state index in [2.05, 4.69) is 254 Å². The van der Waals surface area contributed by atoms with Crippen molar-refractivity contribution in [3.63, 3.8) is 0 Å². The first-order valence-corrected chi connectivity index (χ1v) is 22.5. The van der Waals surface area contributed by atoms with Gasteiger partial charge in [-0.3, -0.25) is 0 Å². The topological polar surface area (TPSA) is 3.24 Å². The molecule has 0 N–H and O–H groups in total. The van der Waals surface area contributed by atoms with Gasteiger partial charge in [-0.1, -0.05) is 206 Å². The van der Waals surface area contributed by atoms with E-state index in [1.165, 1.54) is 86.9 Å². The Hall–Kier alpha value is -7.78.